The van der Waals surface area contributed by atoms with Crippen LogP contribution in [0.15, 0.2) is 30.3 Å². The van der Waals surface area contributed by atoms with E-state index in [1.807, 2.05) is 51.1 Å². The van der Waals surface area contributed by atoms with Gasteiger partial charge in [-0.15, -0.1) is 0 Å². The van der Waals surface area contributed by atoms with E-state index in [1.54, 1.807) is 4.90 Å². The molecular formula is C17H25NO3. The molecule has 0 unspecified atom stereocenters. The van der Waals surface area contributed by atoms with Crippen molar-refractivity contribution in [3.8, 4) is 5.75 Å². The predicted octanol–water partition coefficient (Wildman–Crippen LogP) is 4.16. The summed E-state index contributed by atoms with van der Waals surface area (Å²) in [5.41, 5.74) is -0.358. The first-order valence-corrected chi connectivity index (χ1v) is 7.62. The fourth-order valence-corrected chi connectivity index (χ4v) is 3.10. The van der Waals surface area contributed by atoms with Crippen molar-refractivity contribution in [2.45, 2.75) is 64.1 Å². The molecule has 1 fully saturated rings. The Morgan fingerprint density at radius 1 is 1.14 bits per heavy atom. The van der Waals surface area contributed by atoms with Crippen molar-refractivity contribution in [1.82, 2.24) is 4.90 Å². The highest BCUT2D eigenvalue weighted by Crippen LogP contribution is 2.30. The molecule has 0 bridgehead atoms. The summed E-state index contributed by atoms with van der Waals surface area (Å²) in [6, 6.07) is 9.92. The van der Waals surface area contributed by atoms with Crippen molar-refractivity contribution in [2.75, 3.05) is 0 Å². The van der Waals surface area contributed by atoms with Gasteiger partial charge in [0.1, 0.15) is 5.75 Å². The second-order valence-corrected chi connectivity index (χ2v) is 6.68. The number of carbonyl (C=O) groups is 1. The minimum absolute atomic E-state index is 0.0955. The van der Waals surface area contributed by atoms with Gasteiger partial charge >= 0.3 is 6.09 Å². The van der Waals surface area contributed by atoms with E-state index in [0.717, 1.165) is 31.4 Å². The number of benzene rings is 1. The maximum atomic E-state index is 11.5. The molecule has 1 aliphatic carbocycles. The number of hydrogen-bond acceptors (Lipinski definition) is 2. The maximum absolute atomic E-state index is 11.5. The van der Waals surface area contributed by atoms with Gasteiger partial charge in [0.2, 0.25) is 0 Å². The summed E-state index contributed by atoms with van der Waals surface area (Å²) in [6.07, 6.45) is 2.90. The molecule has 4 nitrogen and oxygen atoms in total. The molecular weight excluding hydrogens is 266 g/mol. The minimum atomic E-state index is -0.824. The lowest BCUT2D eigenvalue weighted by Crippen LogP contribution is -2.52. The summed E-state index contributed by atoms with van der Waals surface area (Å²) in [4.78, 5) is 13.1. The molecule has 0 atom stereocenters. The molecule has 1 aromatic rings. The van der Waals surface area contributed by atoms with Crippen molar-refractivity contribution in [2.24, 2.45) is 0 Å². The Morgan fingerprint density at radius 2 is 1.71 bits per heavy atom. The molecule has 0 aromatic heterocycles. The van der Waals surface area contributed by atoms with Crippen LogP contribution in [0.3, 0.4) is 0 Å². The van der Waals surface area contributed by atoms with Gasteiger partial charge in [-0.1, -0.05) is 18.2 Å². The molecule has 116 valence electrons. The molecule has 0 heterocycles. The van der Waals surface area contributed by atoms with Crippen LogP contribution in [0.5, 0.6) is 5.75 Å². The van der Waals surface area contributed by atoms with E-state index < -0.39 is 6.09 Å². The highest BCUT2D eigenvalue weighted by molar-refractivity contribution is 5.66. The standard InChI is InChI=1S/C17H25NO3/c1-17(2,3)18(16(19)20)13-9-11-15(12-10-13)21-14-7-5-4-6-8-14/h4-8,13,15H,9-12H2,1-3H3,(H,19,20). The fourth-order valence-electron chi connectivity index (χ4n) is 3.10. The Labute approximate surface area is 126 Å². The summed E-state index contributed by atoms with van der Waals surface area (Å²) in [5, 5.41) is 9.46. The van der Waals surface area contributed by atoms with Crippen molar-refractivity contribution < 1.29 is 14.6 Å². The lowest BCUT2D eigenvalue weighted by atomic mass is 9.89. The van der Waals surface area contributed by atoms with E-state index >= 15 is 0 Å². The Hall–Kier alpha value is -1.71. The smallest absolute Gasteiger partial charge is 0.407 e. The van der Waals surface area contributed by atoms with Gasteiger partial charge in [0.15, 0.2) is 0 Å². The fraction of sp³-hybridized carbons (Fsp3) is 0.588. The average molecular weight is 291 g/mol. The van der Waals surface area contributed by atoms with Gasteiger partial charge in [-0.2, -0.15) is 0 Å². The van der Waals surface area contributed by atoms with E-state index in [2.05, 4.69) is 0 Å². The molecule has 1 aromatic carbocycles. The van der Waals surface area contributed by atoms with Crippen LogP contribution in [0.4, 0.5) is 4.79 Å². The largest absolute Gasteiger partial charge is 0.490 e. The van der Waals surface area contributed by atoms with Crippen LogP contribution in [-0.2, 0) is 0 Å². The summed E-state index contributed by atoms with van der Waals surface area (Å²) in [7, 11) is 0. The number of hydrogen-bond donors (Lipinski definition) is 1. The van der Waals surface area contributed by atoms with Crippen LogP contribution in [-0.4, -0.2) is 33.8 Å². The normalized spacial score (nSPS) is 22.6. The van der Waals surface area contributed by atoms with Gasteiger partial charge in [-0.25, -0.2) is 4.79 Å². The lowest BCUT2D eigenvalue weighted by Gasteiger charge is -2.42. The quantitative estimate of drug-likeness (QED) is 0.910. The Bertz CT molecular complexity index is 459. The maximum Gasteiger partial charge on any atom is 0.407 e. The molecule has 0 radical (unpaired) electrons. The first-order chi connectivity index (χ1) is 9.88. The van der Waals surface area contributed by atoms with Crippen LogP contribution in [0, 0.1) is 0 Å². The van der Waals surface area contributed by atoms with Gasteiger partial charge < -0.3 is 14.7 Å². The number of amides is 1. The predicted molar refractivity (Wildman–Crippen MR) is 82.7 cm³/mol. The van der Waals surface area contributed by atoms with Gasteiger partial charge in [0.05, 0.1) is 6.10 Å². The third-order valence-corrected chi connectivity index (χ3v) is 3.98. The van der Waals surface area contributed by atoms with Crippen LogP contribution < -0.4 is 4.74 Å². The van der Waals surface area contributed by atoms with E-state index in [4.69, 9.17) is 4.74 Å². The SMILES string of the molecule is CC(C)(C)N(C(=O)O)C1CCC(Oc2ccccc2)CC1. The summed E-state index contributed by atoms with van der Waals surface area (Å²) < 4.78 is 5.96. The van der Waals surface area contributed by atoms with E-state index in [1.165, 1.54) is 0 Å². The van der Waals surface area contributed by atoms with E-state index in [0.29, 0.717) is 0 Å². The second-order valence-electron chi connectivity index (χ2n) is 6.68. The molecule has 0 spiro atoms. The topological polar surface area (TPSA) is 49.8 Å². The number of carboxylic acid groups (broad SMARTS) is 1. The Kier molecular flexibility index (Phi) is 4.76. The van der Waals surface area contributed by atoms with Crippen molar-refractivity contribution >= 4 is 6.09 Å². The van der Waals surface area contributed by atoms with Crippen LogP contribution in [0.1, 0.15) is 46.5 Å². The Morgan fingerprint density at radius 3 is 2.19 bits per heavy atom. The molecule has 1 aliphatic rings. The summed E-state index contributed by atoms with van der Waals surface area (Å²) >= 11 is 0. The van der Waals surface area contributed by atoms with Crippen LogP contribution in [0.25, 0.3) is 0 Å². The number of ether oxygens (including phenoxy) is 1. The third-order valence-electron chi connectivity index (χ3n) is 3.98. The van der Waals surface area contributed by atoms with Crippen LogP contribution >= 0.6 is 0 Å². The average Bonchev–Trinajstić information content (AvgIpc) is 2.40. The molecule has 2 rings (SSSR count). The second kappa shape index (κ2) is 6.37. The van der Waals surface area contributed by atoms with Crippen molar-refractivity contribution in [3.05, 3.63) is 30.3 Å². The van der Waals surface area contributed by atoms with E-state index in [9.17, 15) is 9.90 Å². The molecule has 4 heteroatoms. The zero-order chi connectivity index (χ0) is 15.5. The van der Waals surface area contributed by atoms with Gasteiger partial charge in [0, 0.05) is 11.6 Å². The number of rotatable bonds is 3. The zero-order valence-corrected chi connectivity index (χ0v) is 13.1. The van der Waals surface area contributed by atoms with Gasteiger partial charge in [0.25, 0.3) is 0 Å². The van der Waals surface area contributed by atoms with Crippen molar-refractivity contribution in [1.29, 1.82) is 0 Å². The number of para-hydroxylation sites is 1. The van der Waals surface area contributed by atoms with Gasteiger partial charge in [-0.3, -0.25) is 0 Å². The Balaban J connectivity index is 1.92. The third kappa shape index (κ3) is 4.13. The first kappa shape index (κ1) is 15.7. The lowest BCUT2D eigenvalue weighted by molar-refractivity contribution is 0.0368. The molecule has 21 heavy (non-hydrogen) atoms. The van der Waals surface area contributed by atoms with E-state index in [-0.39, 0.29) is 17.7 Å². The minimum Gasteiger partial charge on any atom is -0.490 e. The summed E-state index contributed by atoms with van der Waals surface area (Å²) in [6.45, 7) is 5.86. The van der Waals surface area contributed by atoms with Gasteiger partial charge in [-0.05, 0) is 58.6 Å². The van der Waals surface area contributed by atoms with Crippen LogP contribution in [0.2, 0.25) is 0 Å². The molecule has 1 saturated carbocycles. The highest BCUT2D eigenvalue weighted by atomic mass is 16.5. The first-order valence-electron chi connectivity index (χ1n) is 7.62. The van der Waals surface area contributed by atoms with Crippen molar-refractivity contribution in [3.63, 3.8) is 0 Å². The molecule has 1 amide bonds. The molecule has 1 N–H and O–H groups in total. The zero-order valence-electron chi connectivity index (χ0n) is 13.1. The molecule has 0 aliphatic heterocycles. The molecule has 0 saturated heterocycles. The monoisotopic (exact) mass is 291 g/mol. The summed E-state index contributed by atoms with van der Waals surface area (Å²) in [5.74, 6) is 0.895. The highest BCUT2D eigenvalue weighted by Gasteiger charge is 2.35. The number of nitrogens with zero attached hydrogens (tertiary/aromatic N) is 1.